The average molecular weight is 432 g/mol. The lowest BCUT2D eigenvalue weighted by atomic mass is 10.0. The molecule has 9 heteroatoms. The molecule has 0 unspecified atom stereocenters. The molecule has 30 heavy (non-hydrogen) atoms. The highest BCUT2D eigenvalue weighted by atomic mass is 32.1. The van der Waals surface area contributed by atoms with Crippen LogP contribution < -0.4 is 16.4 Å². The monoisotopic (exact) mass is 431 g/mol. The van der Waals surface area contributed by atoms with Gasteiger partial charge in [-0.1, -0.05) is 42.5 Å². The number of nitrogens with two attached hydrogens (primary N) is 1. The first-order chi connectivity index (χ1) is 14.3. The Hall–Kier alpha value is -3.04. The number of aromatic hydroxyl groups is 1. The number of carbonyl (C=O) groups excluding carboxylic acids is 2. The summed E-state index contributed by atoms with van der Waals surface area (Å²) >= 11 is 3.99. The van der Waals surface area contributed by atoms with Gasteiger partial charge in [0.2, 0.25) is 11.8 Å². The van der Waals surface area contributed by atoms with E-state index in [9.17, 15) is 24.6 Å². The second-order valence-electron chi connectivity index (χ2n) is 6.81. The molecular formula is C21H25N3O5S. The minimum absolute atomic E-state index is 0.0174. The Labute approximate surface area is 179 Å². The van der Waals surface area contributed by atoms with Crippen LogP contribution in [0.1, 0.15) is 11.1 Å². The number of carboxylic acid groups (broad SMARTS) is 1. The number of benzene rings is 2. The summed E-state index contributed by atoms with van der Waals surface area (Å²) in [6.45, 7) is 0. The van der Waals surface area contributed by atoms with Gasteiger partial charge in [0, 0.05) is 18.6 Å². The second kappa shape index (κ2) is 11.2. The number of phenolic OH excluding ortho intramolecular Hbond substituents is 1. The van der Waals surface area contributed by atoms with E-state index in [4.69, 9.17) is 5.73 Å². The van der Waals surface area contributed by atoms with Gasteiger partial charge < -0.3 is 26.6 Å². The van der Waals surface area contributed by atoms with E-state index >= 15 is 0 Å². The van der Waals surface area contributed by atoms with Gasteiger partial charge in [-0.3, -0.25) is 9.59 Å². The van der Waals surface area contributed by atoms with Gasteiger partial charge in [-0.25, -0.2) is 4.79 Å². The first-order valence-corrected chi connectivity index (χ1v) is 9.95. The van der Waals surface area contributed by atoms with Crippen molar-refractivity contribution >= 4 is 30.4 Å². The topological polar surface area (TPSA) is 142 Å². The highest BCUT2D eigenvalue weighted by Gasteiger charge is 2.28. The van der Waals surface area contributed by atoms with Gasteiger partial charge in [-0.05, 0) is 23.3 Å². The lowest BCUT2D eigenvalue weighted by Crippen LogP contribution is -2.55. The number of hydrogen-bond donors (Lipinski definition) is 6. The van der Waals surface area contributed by atoms with E-state index in [-0.39, 0.29) is 24.3 Å². The summed E-state index contributed by atoms with van der Waals surface area (Å²) < 4.78 is 0. The molecule has 6 N–H and O–H groups in total. The fourth-order valence-electron chi connectivity index (χ4n) is 2.76. The van der Waals surface area contributed by atoms with E-state index < -0.39 is 35.9 Å². The first kappa shape index (κ1) is 23.2. The van der Waals surface area contributed by atoms with Gasteiger partial charge in [0.1, 0.15) is 17.8 Å². The van der Waals surface area contributed by atoms with Gasteiger partial charge in [-0.2, -0.15) is 12.6 Å². The number of nitrogens with one attached hydrogen (secondary N) is 2. The molecule has 3 atom stereocenters. The normalized spacial score (nSPS) is 13.7. The average Bonchev–Trinajstić information content (AvgIpc) is 2.74. The van der Waals surface area contributed by atoms with Gasteiger partial charge in [-0.15, -0.1) is 0 Å². The summed E-state index contributed by atoms with van der Waals surface area (Å²) in [6, 6.07) is 11.9. The number of aliphatic carboxylic acids is 1. The van der Waals surface area contributed by atoms with E-state index in [0.29, 0.717) is 5.56 Å². The van der Waals surface area contributed by atoms with Gasteiger partial charge in [0.05, 0.1) is 6.04 Å². The highest BCUT2D eigenvalue weighted by molar-refractivity contribution is 7.80. The van der Waals surface area contributed by atoms with Gasteiger partial charge >= 0.3 is 5.97 Å². The molecule has 160 valence electrons. The van der Waals surface area contributed by atoms with Crippen LogP contribution in [0.25, 0.3) is 0 Å². The number of hydrogen-bond acceptors (Lipinski definition) is 6. The molecule has 0 spiro atoms. The van der Waals surface area contributed by atoms with Crippen LogP contribution in [-0.4, -0.2) is 51.9 Å². The summed E-state index contributed by atoms with van der Waals surface area (Å²) in [5.74, 6) is -2.24. The SMILES string of the molecule is N[C@@H](CS)C(=O)N[C@@H](Cc1ccccc1)C(=O)N[C@@H](Cc1ccc(O)cc1)C(=O)O. The number of carbonyl (C=O) groups is 3. The van der Waals surface area contributed by atoms with Crippen LogP contribution >= 0.6 is 12.6 Å². The van der Waals surface area contributed by atoms with Crippen molar-refractivity contribution in [2.45, 2.75) is 31.0 Å². The Balaban J connectivity index is 2.15. The predicted molar refractivity (Wildman–Crippen MR) is 115 cm³/mol. The maximum Gasteiger partial charge on any atom is 0.326 e. The van der Waals surface area contributed by atoms with Crippen LogP contribution in [-0.2, 0) is 27.2 Å². The molecule has 2 aromatic carbocycles. The molecule has 0 aliphatic heterocycles. The van der Waals surface area contributed by atoms with E-state index in [1.165, 1.54) is 12.1 Å². The minimum Gasteiger partial charge on any atom is -0.508 e. The molecule has 2 rings (SSSR count). The Morgan fingerprint density at radius 3 is 1.97 bits per heavy atom. The van der Waals surface area contributed by atoms with Crippen molar-refractivity contribution in [2.24, 2.45) is 5.73 Å². The molecule has 0 heterocycles. The van der Waals surface area contributed by atoms with Crippen molar-refractivity contribution in [1.29, 1.82) is 0 Å². The third-order valence-corrected chi connectivity index (χ3v) is 4.83. The maximum atomic E-state index is 12.9. The summed E-state index contributed by atoms with van der Waals surface area (Å²) in [5.41, 5.74) is 7.11. The third kappa shape index (κ3) is 7.09. The predicted octanol–water partition coefficient (Wildman–Crippen LogP) is 0.489. The molecule has 0 fully saturated rings. The van der Waals surface area contributed by atoms with Crippen LogP contribution in [0.2, 0.25) is 0 Å². The highest BCUT2D eigenvalue weighted by Crippen LogP contribution is 2.12. The largest absolute Gasteiger partial charge is 0.508 e. The second-order valence-corrected chi connectivity index (χ2v) is 7.18. The van der Waals surface area contributed by atoms with E-state index in [0.717, 1.165) is 5.56 Å². The van der Waals surface area contributed by atoms with Crippen LogP contribution in [0, 0.1) is 0 Å². The molecule has 0 aliphatic carbocycles. The van der Waals surface area contributed by atoms with Crippen molar-refractivity contribution < 1.29 is 24.6 Å². The number of rotatable bonds is 10. The summed E-state index contributed by atoms with van der Waals surface area (Å²) in [4.78, 5) is 36.8. The molecule has 0 radical (unpaired) electrons. The van der Waals surface area contributed by atoms with Crippen LogP contribution in [0.5, 0.6) is 5.75 Å². The number of carboxylic acids is 1. The lowest BCUT2D eigenvalue weighted by Gasteiger charge is -2.23. The van der Waals surface area contributed by atoms with Crippen molar-refractivity contribution in [3.8, 4) is 5.75 Å². The molecule has 0 saturated carbocycles. The molecule has 0 saturated heterocycles. The molecular weight excluding hydrogens is 406 g/mol. The van der Waals surface area contributed by atoms with Crippen molar-refractivity contribution in [3.63, 3.8) is 0 Å². The van der Waals surface area contributed by atoms with Crippen molar-refractivity contribution in [3.05, 3.63) is 65.7 Å². The smallest absolute Gasteiger partial charge is 0.326 e. The Kier molecular flexibility index (Phi) is 8.70. The van der Waals surface area contributed by atoms with Crippen LogP contribution in [0.15, 0.2) is 54.6 Å². The fraction of sp³-hybridized carbons (Fsp3) is 0.286. The van der Waals surface area contributed by atoms with Crippen molar-refractivity contribution in [2.75, 3.05) is 5.75 Å². The number of phenols is 1. The summed E-state index contributed by atoms with van der Waals surface area (Å²) in [5, 5.41) is 24.0. The van der Waals surface area contributed by atoms with Crippen LogP contribution in [0.4, 0.5) is 0 Å². The van der Waals surface area contributed by atoms with E-state index in [1.54, 1.807) is 36.4 Å². The Bertz CT molecular complexity index is 861. The fourth-order valence-corrected chi connectivity index (χ4v) is 2.93. The standard InChI is InChI=1S/C21H25N3O5S/c22-16(12-30)19(26)23-17(10-13-4-2-1-3-5-13)20(27)24-18(21(28)29)11-14-6-8-15(25)9-7-14/h1-9,16-18,25,30H,10-12,22H2,(H,23,26)(H,24,27)(H,28,29)/t16-,17-,18-/m0/s1. The lowest BCUT2D eigenvalue weighted by molar-refractivity contribution is -0.142. The number of amides is 2. The molecule has 2 amide bonds. The first-order valence-electron chi connectivity index (χ1n) is 9.32. The summed E-state index contributed by atoms with van der Waals surface area (Å²) in [7, 11) is 0. The zero-order chi connectivity index (χ0) is 22.1. The molecule has 2 aromatic rings. The number of thiol groups is 1. The van der Waals surface area contributed by atoms with Gasteiger partial charge in [0.15, 0.2) is 0 Å². The Morgan fingerprint density at radius 1 is 0.867 bits per heavy atom. The minimum atomic E-state index is -1.21. The van der Waals surface area contributed by atoms with E-state index in [2.05, 4.69) is 23.3 Å². The zero-order valence-corrected chi connectivity index (χ0v) is 17.1. The maximum absolute atomic E-state index is 12.9. The van der Waals surface area contributed by atoms with Crippen molar-refractivity contribution in [1.82, 2.24) is 10.6 Å². The van der Waals surface area contributed by atoms with Crippen LogP contribution in [0.3, 0.4) is 0 Å². The van der Waals surface area contributed by atoms with Gasteiger partial charge in [0.25, 0.3) is 0 Å². The van der Waals surface area contributed by atoms with E-state index in [1.807, 2.05) is 6.07 Å². The summed E-state index contributed by atoms with van der Waals surface area (Å²) in [6.07, 6.45) is 0.187. The molecule has 8 nitrogen and oxygen atoms in total. The molecule has 0 aromatic heterocycles. The zero-order valence-electron chi connectivity index (χ0n) is 16.2. The molecule has 0 bridgehead atoms. The molecule has 0 aliphatic rings. The quantitative estimate of drug-likeness (QED) is 0.302. The Morgan fingerprint density at radius 2 is 1.40 bits per heavy atom. The third-order valence-electron chi connectivity index (χ3n) is 4.44.